The molecule has 3 heterocycles. The Balaban J connectivity index is 1.38. The van der Waals surface area contributed by atoms with E-state index in [0.29, 0.717) is 22.0 Å². The molecule has 0 unspecified atom stereocenters. The van der Waals surface area contributed by atoms with Crippen molar-refractivity contribution in [3.63, 3.8) is 0 Å². The number of nitrogens with zero attached hydrogens (tertiary/aromatic N) is 4. The van der Waals surface area contributed by atoms with Crippen LogP contribution in [0.1, 0.15) is 34.0 Å². The molecular formula is C18H15F3N6OS2. The minimum Gasteiger partial charge on any atom is -0.344 e. The van der Waals surface area contributed by atoms with Gasteiger partial charge in [-0.1, -0.05) is 0 Å². The molecule has 12 heteroatoms. The molecule has 156 valence electrons. The molecule has 1 amide bonds. The van der Waals surface area contributed by atoms with Gasteiger partial charge in [0.15, 0.2) is 10.7 Å². The van der Waals surface area contributed by atoms with Gasteiger partial charge in [0, 0.05) is 23.3 Å². The molecule has 3 aromatic heterocycles. The minimum absolute atomic E-state index is 0.00924. The van der Waals surface area contributed by atoms with Gasteiger partial charge in [0.25, 0.3) is 5.91 Å². The molecule has 0 aromatic carbocycles. The average Bonchev–Trinajstić information content (AvgIpc) is 3.44. The Labute approximate surface area is 177 Å². The highest BCUT2D eigenvalue weighted by molar-refractivity contribution is 8.01. The van der Waals surface area contributed by atoms with Crippen molar-refractivity contribution in [3.8, 4) is 10.6 Å². The van der Waals surface area contributed by atoms with Crippen LogP contribution in [0.2, 0.25) is 0 Å². The van der Waals surface area contributed by atoms with E-state index in [1.54, 1.807) is 18.1 Å². The number of thiazole rings is 1. The Morgan fingerprint density at radius 2 is 2.07 bits per heavy atom. The lowest BCUT2D eigenvalue weighted by Gasteiger charge is -2.07. The number of halogens is 3. The number of anilines is 1. The van der Waals surface area contributed by atoms with Gasteiger partial charge in [0.05, 0.1) is 29.5 Å². The molecule has 3 aromatic rings. The van der Waals surface area contributed by atoms with E-state index in [-0.39, 0.29) is 17.2 Å². The SMILES string of the molecule is O=C(NCc1cc(NSC2CC2)ccn1)c1ncc(-c2cncc(C(F)(F)F)n2)s1. The molecule has 0 radical (unpaired) electrons. The highest BCUT2D eigenvalue weighted by Crippen LogP contribution is 2.34. The number of alkyl halides is 3. The number of aromatic nitrogens is 4. The molecule has 0 bridgehead atoms. The van der Waals surface area contributed by atoms with E-state index >= 15 is 0 Å². The van der Waals surface area contributed by atoms with Crippen molar-refractivity contribution in [1.29, 1.82) is 0 Å². The van der Waals surface area contributed by atoms with E-state index < -0.39 is 17.8 Å². The molecule has 0 aliphatic heterocycles. The summed E-state index contributed by atoms with van der Waals surface area (Å²) in [5, 5.41) is 3.48. The lowest BCUT2D eigenvalue weighted by molar-refractivity contribution is -0.141. The van der Waals surface area contributed by atoms with Crippen molar-refractivity contribution >= 4 is 34.9 Å². The van der Waals surface area contributed by atoms with E-state index in [1.807, 2.05) is 12.1 Å². The van der Waals surface area contributed by atoms with E-state index in [0.717, 1.165) is 17.0 Å². The number of nitrogens with one attached hydrogen (secondary N) is 2. The second kappa shape index (κ2) is 8.56. The van der Waals surface area contributed by atoms with Crippen molar-refractivity contribution < 1.29 is 18.0 Å². The number of carbonyl (C=O) groups excluding carboxylic acids is 1. The van der Waals surface area contributed by atoms with Crippen LogP contribution in [0.25, 0.3) is 10.6 Å². The van der Waals surface area contributed by atoms with Crippen LogP contribution in [-0.2, 0) is 12.7 Å². The van der Waals surface area contributed by atoms with Crippen molar-refractivity contribution in [2.75, 3.05) is 4.72 Å². The second-order valence-electron chi connectivity index (χ2n) is 6.45. The highest BCUT2D eigenvalue weighted by atomic mass is 32.2. The number of hydrogen-bond donors (Lipinski definition) is 2. The molecule has 0 atom stereocenters. The maximum Gasteiger partial charge on any atom is 0.434 e. The summed E-state index contributed by atoms with van der Waals surface area (Å²) in [5.74, 6) is -0.446. The van der Waals surface area contributed by atoms with Crippen LogP contribution in [0.3, 0.4) is 0 Å². The van der Waals surface area contributed by atoms with Crippen LogP contribution < -0.4 is 10.0 Å². The third kappa shape index (κ3) is 5.25. The van der Waals surface area contributed by atoms with Crippen molar-refractivity contribution in [3.05, 3.63) is 53.3 Å². The fourth-order valence-electron chi connectivity index (χ4n) is 2.34. The highest BCUT2D eigenvalue weighted by Gasteiger charge is 2.33. The van der Waals surface area contributed by atoms with E-state index in [9.17, 15) is 18.0 Å². The first-order valence-electron chi connectivity index (χ1n) is 8.89. The van der Waals surface area contributed by atoms with Gasteiger partial charge in [-0.15, -0.1) is 11.3 Å². The topological polar surface area (TPSA) is 92.7 Å². The number of pyridine rings is 1. The van der Waals surface area contributed by atoms with Gasteiger partial charge in [-0.25, -0.2) is 9.97 Å². The van der Waals surface area contributed by atoms with E-state index in [4.69, 9.17) is 0 Å². The van der Waals surface area contributed by atoms with E-state index in [1.165, 1.54) is 25.2 Å². The largest absolute Gasteiger partial charge is 0.434 e. The zero-order valence-corrected chi connectivity index (χ0v) is 16.9. The molecule has 1 fully saturated rings. The third-order valence-electron chi connectivity index (χ3n) is 3.99. The van der Waals surface area contributed by atoms with E-state index in [2.05, 4.69) is 30.0 Å². The first kappa shape index (κ1) is 20.5. The third-order valence-corrected chi connectivity index (χ3v) is 6.17. The fraction of sp³-hybridized carbons (Fsp3) is 0.278. The molecule has 1 aliphatic carbocycles. The van der Waals surface area contributed by atoms with Crippen LogP contribution >= 0.6 is 23.3 Å². The quantitative estimate of drug-likeness (QED) is 0.520. The Morgan fingerprint density at radius 3 is 2.83 bits per heavy atom. The lowest BCUT2D eigenvalue weighted by Crippen LogP contribution is -2.23. The summed E-state index contributed by atoms with van der Waals surface area (Å²) in [4.78, 5) is 28.0. The Morgan fingerprint density at radius 1 is 1.23 bits per heavy atom. The summed E-state index contributed by atoms with van der Waals surface area (Å²) in [7, 11) is 0. The normalized spacial score (nSPS) is 13.8. The summed E-state index contributed by atoms with van der Waals surface area (Å²) >= 11 is 2.61. The Bertz CT molecular complexity index is 1050. The van der Waals surface area contributed by atoms with Crippen LogP contribution in [0.4, 0.5) is 18.9 Å². The predicted molar refractivity (Wildman–Crippen MR) is 108 cm³/mol. The van der Waals surface area contributed by atoms with Crippen molar-refractivity contribution in [2.45, 2.75) is 30.8 Å². The second-order valence-corrected chi connectivity index (χ2v) is 8.59. The van der Waals surface area contributed by atoms with Crippen molar-refractivity contribution in [2.24, 2.45) is 0 Å². The monoisotopic (exact) mass is 452 g/mol. The van der Waals surface area contributed by atoms with Gasteiger partial charge in [-0.3, -0.25) is 14.8 Å². The lowest BCUT2D eigenvalue weighted by atomic mass is 10.3. The minimum atomic E-state index is -4.60. The molecule has 1 aliphatic rings. The number of carbonyl (C=O) groups is 1. The zero-order chi connectivity index (χ0) is 21.1. The van der Waals surface area contributed by atoms with Gasteiger partial charge in [-0.05, 0) is 36.9 Å². The van der Waals surface area contributed by atoms with Gasteiger partial charge in [-0.2, -0.15) is 13.2 Å². The molecule has 7 nitrogen and oxygen atoms in total. The standard InChI is InChI=1S/C18H15F3N6OS2/c19-18(20,21)15-9-22-7-13(26-15)14-8-25-17(29-14)16(28)24-6-11-5-10(3-4-23-11)27-30-12-1-2-12/h3-5,7-9,12H,1-2,6H2,(H,23,27)(H,24,28). The molecular weight excluding hydrogens is 437 g/mol. The Hall–Kier alpha value is -2.73. The van der Waals surface area contributed by atoms with Crippen LogP contribution in [0, 0.1) is 0 Å². The number of hydrogen-bond acceptors (Lipinski definition) is 8. The fourth-order valence-corrected chi connectivity index (χ4v) is 3.93. The molecule has 2 N–H and O–H groups in total. The van der Waals surface area contributed by atoms with Gasteiger partial charge in [0.2, 0.25) is 0 Å². The molecule has 0 spiro atoms. The summed E-state index contributed by atoms with van der Waals surface area (Å²) in [6.45, 7) is 0.195. The summed E-state index contributed by atoms with van der Waals surface area (Å²) in [6, 6.07) is 3.70. The van der Waals surface area contributed by atoms with Gasteiger partial charge < -0.3 is 10.0 Å². The van der Waals surface area contributed by atoms with Gasteiger partial charge in [0.1, 0.15) is 5.69 Å². The van der Waals surface area contributed by atoms with Gasteiger partial charge >= 0.3 is 6.18 Å². The van der Waals surface area contributed by atoms with Crippen LogP contribution in [0.15, 0.2) is 36.9 Å². The predicted octanol–water partition coefficient (Wildman–Crippen LogP) is 4.17. The number of amides is 1. The van der Waals surface area contributed by atoms with Crippen LogP contribution in [-0.4, -0.2) is 31.1 Å². The number of rotatable bonds is 7. The first-order valence-corrected chi connectivity index (χ1v) is 10.6. The molecule has 0 saturated heterocycles. The maximum absolute atomic E-state index is 12.8. The molecule has 4 rings (SSSR count). The average molecular weight is 452 g/mol. The zero-order valence-electron chi connectivity index (χ0n) is 15.3. The molecule has 1 saturated carbocycles. The summed E-state index contributed by atoms with van der Waals surface area (Å²) < 4.78 is 41.7. The summed E-state index contributed by atoms with van der Waals surface area (Å²) in [6.07, 6.45) is 2.65. The molecule has 30 heavy (non-hydrogen) atoms. The first-order chi connectivity index (χ1) is 14.4. The van der Waals surface area contributed by atoms with Crippen molar-refractivity contribution in [1.82, 2.24) is 25.3 Å². The smallest absolute Gasteiger partial charge is 0.344 e. The summed E-state index contributed by atoms with van der Waals surface area (Å²) in [5.41, 5.74) is 0.491. The maximum atomic E-state index is 12.8. The Kier molecular flexibility index (Phi) is 5.86. The van der Waals surface area contributed by atoms with Crippen LogP contribution in [0.5, 0.6) is 0 Å².